The van der Waals surface area contributed by atoms with Crippen LogP contribution in [0.4, 0.5) is 10.1 Å². The summed E-state index contributed by atoms with van der Waals surface area (Å²) in [5, 5.41) is 5.78. The lowest BCUT2D eigenvalue weighted by atomic mass is 9.95. The third kappa shape index (κ3) is 3.81. The van der Waals surface area contributed by atoms with Gasteiger partial charge in [-0.1, -0.05) is 12.1 Å². The average Bonchev–Trinajstić information content (AvgIpc) is 2.55. The molecule has 0 aromatic heterocycles. The molecule has 5 nitrogen and oxygen atoms in total. The summed E-state index contributed by atoms with van der Waals surface area (Å²) in [4.78, 5) is 25.7. The zero-order valence-electron chi connectivity index (χ0n) is 13.1. The van der Waals surface area contributed by atoms with Crippen LogP contribution in [-0.2, 0) is 9.59 Å². The SMILES string of the molecule is O=C1CC(C(=O)NC2CCCN(c3ccccc3F)C2)CCN1. The van der Waals surface area contributed by atoms with Gasteiger partial charge in [-0.05, 0) is 31.4 Å². The molecule has 2 fully saturated rings. The zero-order valence-corrected chi connectivity index (χ0v) is 13.1. The van der Waals surface area contributed by atoms with Gasteiger partial charge in [0.2, 0.25) is 11.8 Å². The van der Waals surface area contributed by atoms with E-state index in [9.17, 15) is 14.0 Å². The Balaban J connectivity index is 1.59. The highest BCUT2D eigenvalue weighted by Gasteiger charge is 2.29. The fraction of sp³-hybridized carbons (Fsp3) is 0.529. The molecule has 2 aliphatic heterocycles. The molecular weight excluding hydrogens is 297 g/mol. The molecule has 2 unspecified atom stereocenters. The van der Waals surface area contributed by atoms with Crippen LogP contribution in [0.3, 0.4) is 0 Å². The summed E-state index contributed by atoms with van der Waals surface area (Å²) in [6.45, 7) is 1.95. The number of anilines is 1. The van der Waals surface area contributed by atoms with Crippen molar-refractivity contribution in [2.24, 2.45) is 5.92 Å². The smallest absolute Gasteiger partial charge is 0.223 e. The maximum Gasteiger partial charge on any atom is 0.223 e. The molecule has 3 rings (SSSR count). The number of benzene rings is 1. The largest absolute Gasteiger partial charge is 0.367 e. The van der Waals surface area contributed by atoms with E-state index in [1.54, 1.807) is 12.1 Å². The highest BCUT2D eigenvalue weighted by molar-refractivity contribution is 5.87. The zero-order chi connectivity index (χ0) is 16.2. The van der Waals surface area contributed by atoms with Gasteiger partial charge in [0.25, 0.3) is 0 Å². The molecular formula is C17H22FN3O2. The van der Waals surface area contributed by atoms with Gasteiger partial charge in [-0.2, -0.15) is 0 Å². The second kappa shape index (κ2) is 6.98. The van der Waals surface area contributed by atoms with Crippen molar-refractivity contribution in [1.82, 2.24) is 10.6 Å². The minimum Gasteiger partial charge on any atom is -0.367 e. The van der Waals surface area contributed by atoms with Gasteiger partial charge < -0.3 is 15.5 Å². The van der Waals surface area contributed by atoms with Gasteiger partial charge in [0, 0.05) is 38.0 Å². The molecule has 124 valence electrons. The molecule has 2 saturated heterocycles. The lowest BCUT2D eigenvalue weighted by Crippen LogP contribution is -2.51. The lowest BCUT2D eigenvalue weighted by Gasteiger charge is -2.35. The van der Waals surface area contributed by atoms with E-state index in [-0.39, 0.29) is 36.0 Å². The first-order valence-electron chi connectivity index (χ1n) is 8.20. The van der Waals surface area contributed by atoms with Gasteiger partial charge in [-0.25, -0.2) is 4.39 Å². The normalized spacial score (nSPS) is 24.9. The van der Waals surface area contributed by atoms with Crippen LogP contribution in [0.2, 0.25) is 0 Å². The van der Waals surface area contributed by atoms with E-state index in [2.05, 4.69) is 10.6 Å². The van der Waals surface area contributed by atoms with Crippen molar-refractivity contribution in [2.45, 2.75) is 31.7 Å². The summed E-state index contributed by atoms with van der Waals surface area (Å²) < 4.78 is 13.9. The fourth-order valence-corrected chi connectivity index (χ4v) is 3.35. The van der Waals surface area contributed by atoms with Crippen molar-refractivity contribution in [3.63, 3.8) is 0 Å². The molecule has 1 aromatic carbocycles. The Bertz CT molecular complexity index is 593. The number of amides is 2. The van der Waals surface area contributed by atoms with Crippen molar-refractivity contribution in [2.75, 3.05) is 24.5 Å². The Kier molecular flexibility index (Phi) is 4.79. The second-order valence-corrected chi connectivity index (χ2v) is 6.28. The summed E-state index contributed by atoms with van der Waals surface area (Å²) in [5.74, 6) is -0.593. The quantitative estimate of drug-likeness (QED) is 0.886. The molecule has 2 amide bonds. The molecule has 2 N–H and O–H groups in total. The first kappa shape index (κ1) is 15.8. The number of hydrogen-bond donors (Lipinski definition) is 2. The highest BCUT2D eigenvalue weighted by atomic mass is 19.1. The molecule has 0 saturated carbocycles. The van der Waals surface area contributed by atoms with Crippen LogP contribution in [0.1, 0.15) is 25.7 Å². The Labute approximate surface area is 135 Å². The number of halogens is 1. The maximum atomic E-state index is 13.9. The van der Waals surface area contributed by atoms with Crippen molar-refractivity contribution >= 4 is 17.5 Å². The predicted molar refractivity (Wildman–Crippen MR) is 85.5 cm³/mol. The molecule has 0 spiro atoms. The standard InChI is InChI=1S/C17H22FN3O2/c18-14-5-1-2-6-15(14)21-9-3-4-13(11-21)20-17(23)12-7-8-19-16(22)10-12/h1-2,5-6,12-13H,3-4,7-11H2,(H,19,22)(H,20,23). The number of nitrogens with one attached hydrogen (secondary N) is 2. The van der Waals surface area contributed by atoms with E-state index < -0.39 is 0 Å². The number of para-hydroxylation sites is 1. The van der Waals surface area contributed by atoms with Crippen molar-refractivity contribution in [1.29, 1.82) is 0 Å². The number of nitrogens with zero attached hydrogens (tertiary/aromatic N) is 1. The summed E-state index contributed by atoms with van der Waals surface area (Å²) in [5.41, 5.74) is 0.587. The first-order chi connectivity index (χ1) is 11.1. The summed E-state index contributed by atoms with van der Waals surface area (Å²) in [6, 6.07) is 6.72. The van der Waals surface area contributed by atoms with E-state index in [0.717, 1.165) is 19.4 Å². The van der Waals surface area contributed by atoms with Crippen molar-refractivity contribution < 1.29 is 14.0 Å². The fourth-order valence-electron chi connectivity index (χ4n) is 3.35. The molecule has 0 bridgehead atoms. The molecule has 0 radical (unpaired) electrons. The summed E-state index contributed by atoms with van der Waals surface area (Å²) >= 11 is 0. The molecule has 2 aliphatic rings. The molecule has 2 heterocycles. The topological polar surface area (TPSA) is 61.4 Å². The number of hydrogen-bond acceptors (Lipinski definition) is 3. The minimum atomic E-state index is -0.243. The Morgan fingerprint density at radius 3 is 2.91 bits per heavy atom. The Morgan fingerprint density at radius 1 is 1.30 bits per heavy atom. The molecule has 1 aromatic rings. The monoisotopic (exact) mass is 319 g/mol. The van der Waals surface area contributed by atoms with E-state index in [1.165, 1.54) is 6.07 Å². The van der Waals surface area contributed by atoms with Crippen LogP contribution >= 0.6 is 0 Å². The molecule has 2 atom stereocenters. The predicted octanol–water partition coefficient (Wildman–Crippen LogP) is 1.44. The van der Waals surface area contributed by atoms with Gasteiger partial charge in [-0.15, -0.1) is 0 Å². The summed E-state index contributed by atoms with van der Waals surface area (Å²) in [6.07, 6.45) is 2.73. The van der Waals surface area contributed by atoms with Crippen molar-refractivity contribution in [3.8, 4) is 0 Å². The third-order valence-electron chi connectivity index (χ3n) is 4.58. The number of carbonyl (C=O) groups excluding carboxylic acids is 2. The van der Waals surface area contributed by atoms with Gasteiger partial charge in [-0.3, -0.25) is 9.59 Å². The van der Waals surface area contributed by atoms with Crippen LogP contribution in [0.5, 0.6) is 0 Å². The van der Waals surface area contributed by atoms with Gasteiger partial charge in [0.1, 0.15) is 5.82 Å². The Hall–Kier alpha value is -2.11. The summed E-state index contributed by atoms with van der Waals surface area (Å²) in [7, 11) is 0. The van der Waals surface area contributed by atoms with E-state index in [4.69, 9.17) is 0 Å². The number of piperidine rings is 2. The average molecular weight is 319 g/mol. The van der Waals surface area contributed by atoms with Gasteiger partial charge >= 0.3 is 0 Å². The third-order valence-corrected chi connectivity index (χ3v) is 4.58. The maximum absolute atomic E-state index is 13.9. The molecule has 23 heavy (non-hydrogen) atoms. The number of carbonyl (C=O) groups is 2. The second-order valence-electron chi connectivity index (χ2n) is 6.28. The van der Waals surface area contributed by atoms with Crippen LogP contribution < -0.4 is 15.5 Å². The highest BCUT2D eigenvalue weighted by Crippen LogP contribution is 2.23. The number of rotatable bonds is 3. The van der Waals surface area contributed by atoms with Gasteiger partial charge in [0.15, 0.2) is 0 Å². The van der Waals surface area contributed by atoms with Crippen LogP contribution in [0, 0.1) is 11.7 Å². The van der Waals surface area contributed by atoms with E-state index in [0.29, 0.717) is 25.2 Å². The lowest BCUT2D eigenvalue weighted by molar-refractivity contribution is -0.132. The van der Waals surface area contributed by atoms with Crippen LogP contribution in [0.15, 0.2) is 24.3 Å². The van der Waals surface area contributed by atoms with Crippen LogP contribution in [0.25, 0.3) is 0 Å². The molecule has 0 aliphatic carbocycles. The minimum absolute atomic E-state index is 0.000781. The van der Waals surface area contributed by atoms with E-state index in [1.807, 2.05) is 11.0 Å². The first-order valence-corrected chi connectivity index (χ1v) is 8.20. The van der Waals surface area contributed by atoms with Crippen LogP contribution in [-0.4, -0.2) is 37.5 Å². The van der Waals surface area contributed by atoms with Gasteiger partial charge in [0.05, 0.1) is 5.69 Å². The van der Waals surface area contributed by atoms with E-state index >= 15 is 0 Å². The Morgan fingerprint density at radius 2 is 2.13 bits per heavy atom. The molecule has 6 heteroatoms. The van der Waals surface area contributed by atoms with Crippen molar-refractivity contribution in [3.05, 3.63) is 30.1 Å².